The smallest absolute Gasteiger partial charge is 0.0951 e. The van der Waals surface area contributed by atoms with Gasteiger partial charge in [-0.1, -0.05) is 0 Å². The van der Waals surface area contributed by atoms with Crippen LogP contribution in [0.3, 0.4) is 0 Å². The van der Waals surface area contributed by atoms with Crippen molar-refractivity contribution in [1.82, 2.24) is 19.4 Å². The number of nitrogens with zero attached hydrogens (tertiary/aromatic N) is 4. The zero-order chi connectivity index (χ0) is 14.3. The molecule has 0 saturated heterocycles. The molecule has 3 rings (SSSR count). The Balaban J connectivity index is 1.73. The van der Waals surface area contributed by atoms with Crippen LogP contribution >= 0.6 is 11.3 Å². The molecule has 0 aliphatic heterocycles. The molecule has 5 heteroatoms. The van der Waals surface area contributed by atoms with Gasteiger partial charge in [-0.15, -0.1) is 11.3 Å². The zero-order valence-corrected chi connectivity index (χ0v) is 13.4. The Morgan fingerprint density at radius 1 is 1.45 bits per heavy atom. The Morgan fingerprint density at radius 3 is 2.80 bits per heavy atom. The van der Waals surface area contributed by atoms with Crippen molar-refractivity contribution < 1.29 is 0 Å². The first-order valence-corrected chi connectivity index (χ1v) is 8.02. The molecule has 0 amide bonds. The minimum Gasteiger partial charge on any atom is -0.330 e. The zero-order valence-electron chi connectivity index (χ0n) is 12.6. The minimum absolute atomic E-state index is 0.336. The number of hydrogen-bond donors (Lipinski definition) is 0. The van der Waals surface area contributed by atoms with Gasteiger partial charge < -0.3 is 4.57 Å². The number of aryl methyl sites for hydroxylation is 2. The number of rotatable bonds is 5. The van der Waals surface area contributed by atoms with Crippen LogP contribution in [0.2, 0.25) is 0 Å². The van der Waals surface area contributed by atoms with Gasteiger partial charge >= 0.3 is 0 Å². The largest absolute Gasteiger partial charge is 0.330 e. The summed E-state index contributed by atoms with van der Waals surface area (Å²) < 4.78 is 2.34. The lowest BCUT2D eigenvalue weighted by molar-refractivity contribution is 0.242. The van der Waals surface area contributed by atoms with Gasteiger partial charge in [0.1, 0.15) is 0 Å². The van der Waals surface area contributed by atoms with Gasteiger partial charge in [-0.25, -0.2) is 9.97 Å². The topological polar surface area (TPSA) is 34.0 Å². The number of thiazole rings is 1. The highest BCUT2D eigenvalue weighted by atomic mass is 32.1. The van der Waals surface area contributed by atoms with E-state index in [4.69, 9.17) is 0 Å². The van der Waals surface area contributed by atoms with Crippen LogP contribution in [0, 0.1) is 13.8 Å². The number of aromatic nitrogens is 3. The summed E-state index contributed by atoms with van der Waals surface area (Å²) in [5, 5.41) is 1.15. The molecule has 20 heavy (non-hydrogen) atoms. The lowest BCUT2D eigenvalue weighted by atomic mass is 10.2. The van der Waals surface area contributed by atoms with Gasteiger partial charge in [0.05, 0.1) is 28.8 Å². The maximum atomic E-state index is 4.68. The number of imidazole rings is 1. The second kappa shape index (κ2) is 5.30. The first-order valence-electron chi connectivity index (χ1n) is 7.21. The lowest BCUT2D eigenvalue weighted by Gasteiger charge is -2.24. The third-order valence-electron chi connectivity index (χ3n) is 4.09. The molecule has 4 nitrogen and oxygen atoms in total. The van der Waals surface area contributed by atoms with Crippen molar-refractivity contribution in [1.29, 1.82) is 0 Å². The monoisotopic (exact) mass is 290 g/mol. The van der Waals surface area contributed by atoms with Crippen LogP contribution in [-0.2, 0) is 6.54 Å². The fourth-order valence-electron chi connectivity index (χ4n) is 2.67. The van der Waals surface area contributed by atoms with Crippen LogP contribution < -0.4 is 0 Å². The summed E-state index contributed by atoms with van der Waals surface area (Å²) in [6.07, 6.45) is 6.57. The van der Waals surface area contributed by atoms with Crippen LogP contribution in [0.25, 0.3) is 0 Å². The predicted molar refractivity (Wildman–Crippen MR) is 82.0 cm³/mol. The Labute approximate surface area is 124 Å². The summed E-state index contributed by atoms with van der Waals surface area (Å²) in [5.74, 6) is 0. The standard InChI is InChI=1S/C15H22N4S/c1-10(15-11(2)20-12(3)17-15)18(4)8-14-7-16-9-19(14)13-5-6-13/h7,9-10,13H,5-6,8H2,1-4H3/t10-/m1/s1. The van der Waals surface area contributed by atoms with Crippen molar-refractivity contribution in [3.63, 3.8) is 0 Å². The predicted octanol–water partition coefficient (Wildman–Crippen LogP) is 3.48. The normalized spacial score (nSPS) is 16.9. The molecular formula is C15H22N4S. The SMILES string of the molecule is Cc1nc([C@@H](C)N(C)Cc2cncn2C2CC2)c(C)s1. The van der Waals surface area contributed by atoms with Crippen LogP contribution in [-0.4, -0.2) is 26.5 Å². The maximum absolute atomic E-state index is 4.68. The molecule has 0 unspecified atom stereocenters. The molecule has 0 radical (unpaired) electrons. The Bertz CT molecular complexity index is 597. The van der Waals surface area contributed by atoms with Gasteiger partial charge in [-0.2, -0.15) is 0 Å². The summed E-state index contributed by atoms with van der Waals surface area (Å²) in [4.78, 5) is 12.7. The van der Waals surface area contributed by atoms with Crippen LogP contribution in [0.15, 0.2) is 12.5 Å². The summed E-state index contributed by atoms with van der Waals surface area (Å²) in [5.41, 5.74) is 2.53. The number of hydrogen-bond acceptors (Lipinski definition) is 4. The van der Waals surface area contributed by atoms with Gasteiger partial charge in [-0.3, -0.25) is 4.90 Å². The Morgan fingerprint density at radius 2 is 2.20 bits per heavy atom. The van der Waals surface area contributed by atoms with E-state index in [-0.39, 0.29) is 0 Å². The summed E-state index contributed by atoms with van der Waals surface area (Å²) in [7, 11) is 2.17. The van der Waals surface area contributed by atoms with E-state index >= 15 is 0 Å². The summed E-state index contributed by atoms with van der Waals surface area (Å²) in [6, 6.07) is 1.03. The molecule has 2 aromatic heterocycles. The second-order valence-electron chi connectivity index (χ2n) is 5.79. The van der Waals surface area contributed by atoms with Crippen molar-refractivity contribution in [3.8, 4) is 0 Å². The molecule has 1 fully saturated rings. The van der Waals surface area contributed by atoms with Gasteiger partial charge in [-0.05, 0) is 40.7 Å². The Hall–Kier alpha value is -1.20. The molecule has 2 aromatic rings. The molecule has 108 valence electrons. The molecule has 1 aliphatic carbocycles. The highest BCUT2D eigenvalue weighted by Crippen LogP contribution is 2.36. The highest BCUT2D eigenvalue weighted by molar-refractivity contribution is 7.11. The molecular weight excluding hydrogens is 268 g/mol. The third-order valence-corrected chi connectivity index (χ3v) is 5.00. The van der Waals surface area contributed by atoms with Crippen molar-refractivity contribution in [2.75, 3.05) is 7.05 Å². The molecule has 1 atom stereocenters. The van der Waals surface area contributed by atoms with Crippen LogP contribution in [0.1, 0.15) is 53.1 Å². The fourth-order valence-corrected chi connectivity index (χ4v) is 3.58. The van der Waals surface area contributed by atoms with Gasteiger partial charge in [0.2, 0.25) is 0 Å². The highest BCUT2D eigenvalue weighted by Gasteiger charge is 2.26. The second-order valence-corrected chi connectivity index (χ2v) is 7.20. The van der Waals surface area contributed by atoms with Gasteiger partial charge in [0.15, 0.2) is 0 Å². The van der Waals surface area contributed by atoms with Gasteiger partial charge in [0.25, 0.3) is 0 Å². The van der Waals surface area contributed by atoms with E-state index in [0.29, 0.717) is 12.1 Å². The van der Waals surface area contributed by atoms with Crippen molar-refractivity contribution in [2.24, 2.45) is 0 Å². The van der Waals surface area contributed by atoms with E-state index in [2.05, 4.69) is 47.3 Å². The van der Waals surface area contributed by atoms with E-state index in [1.807, 2.05) is 12.5 Å². The summed E-state index contributed by atoms with van der Waals surface area (Å²) >= 11 is 1.79. The van der Waals surface area contributed by atoms with Crippen molar-refractivity contribution in [3.05, 3.63) is 33.8 Å². The van der Waals surface area contributed by atoms with E-state index in [0.717, 1.165) is 11.6 Å². The molecule has 1 aliphatic rings. The quantitative estimate of drug-likeness (QED) is 0.845. The third kappa shape index (κ3) is 2.65. The average molecular weight is 290 g/mol. The molecule has 2 heterocycles. The minimum atomic E-state index is 0.336. The molecule has 0 spiro atoms. The fraction of sp³-hybridized carbons (Fsp3) is 0.600. The molecule has 0 N–H and O–H groups in total. The van der Waals surface area contributed by atoms with Crippen molar-refractivity contribution >= 4 is 11.3 Å². The molecule has 0 bridgehead atoms. The van der Waals surface area contributed by atoms with E-state index < -0.39 is 0 Å². The molecule has 1 saturated carbocycles. The van der Waals surface area contributed by atoms with E-state index in [1.165, 1.54) is 29.1 Å². The summed E-state index contributed by atoms with van der Waals surface area (Å²) in [6.45, 7) is 7.40. The van der Waals surface area contributed by atoms with Gasteiger partial charge in [0, 0.05) is 23.7 Å². The first kappa shape index (κ1) is 13.8. The Kier molecular flexibility index (Phi) is 3.65. The first-order chi connectivity index (χ1) is 9.56. The van der Waals surface area contributed by atoms with E-state index in [1.54, 1.807) is 11.3 Å². The van der Waals surface area contributed by atoms with E-state index in [9.17, 15) is 0 Å². The lowest BCUT2D eigenvalue weighted by Crippen LogP contribution is -2.24. The van der Waals surface area contributed by atoms with Crippen molar-refractivity contribution in [2.45, 2.75) is 52.2 Å². The van der Waals surface area contributed by atoms with Crippen LogP contribution in [0.4, 0.5) is 0 Å². The maximum Gasteiger partial charge on any atom is 0.0951 e. The molecule has 0 aromatic carbocycles. The average Bonchev–Trinajstić information content (AvgIpc) is 3.06. The van der Waals surface area contributed by atoms with Crippen LogP contribution in [0.5, 0.6) is 0 Å².